The number of hydrogen-bond donors (Lipinski definition) is 0. The number of carbonyl (C=O) groups excluding carboxylic acids is 3. The number of carbonyl (C=O) groups is 3. The molecular formula is C75H116O9. The fraction of sp³-hybridized carbons (Fsp3) is 0.560. The van der Waals surface area contributed by atoms with E-state index in [1.54, 1.807) is 0 Å². The first kappa shape index (κ1) is 78.4. The molecule has 9 heteroatoms. The summed E-state index contributed by atoms with van der Waals surface area (Å²) in [7, 11) is 0. The van der Waals surface area contributed by atoms with Crippen LogP contribution in [0.2, 0.25) is 0 Å². The average molecular weight is 1160 g/mol. The van der Waals surface area contributed by atoms with Gasteiger partial charge in [-0.15, -0.1) is 0 Å². The highest BCUT2D eigenvalue weighted by Crippen LogP contribution is 2.13. The number of ether oxygens (including phenoxy) is 6. The number of rotatable bonds is 56. The van der Waals surface area contributed by atoms with E-state index in [1.165, 1.54) is 0 Å². The third kappa shape index (κ3) is 54.3. The van der Waals surface area contributed by atoms with Crippen molar-refractivity contribution in [1.82, 2.24) is 0 Å². The van der Waals surface area contributed by atoms with Gasteiger partial charge in [-0.2, -0.15) is 0 Å². The third-order valence-electron chi connectivity index (χ3n) is 12.7. The highest BCUT2D eigenvalue weighted by molar-refractivity contribution is 5.76. The third-order valence-corrected chi connectivity index (χ3v) is 12.7. The first-order valence-electron chi connectivity index (χ1n) is 32.5. The molecule has 0 saturated heterocycles. The van der Waals surface area contributed by atoms with E-state index in [1.807, 2.05) is 20.8 Å². The lowest BCUT2D eigenvalue weighted by atomic mass is 10.2. The van der Waals surface area contributed by atoms with Gasteiger partial charge in [0, 0.05) is 19.8 Å². The van der Waals surface area contributed by atoms with E-state index < -0.39 is 42.3 Å². The summed E-state index contributed by atoms with van der Waals surface area (Å²) >= 11 is 0. The molecule has 0 radical (unpaired) electrons. The van der Waals surface area contributed by atoms with Crippen LogP contribution in [-0.2, 0) is 42.8 Å². The van der Waals surface area contributed by atoms with Gasteiger partial charge in [-0.25, -0.2) is 14.4 Å². The molecule has 0 bridgehead atoms. The smallest absolute Gasteiger partial charge is 0.335 e. The summed E-state index contributed by atoms with van der Waals surface area (Å²) in [6.07, 6.45) is 86.1. The van der Waals surface area contributed by atoms with Gasteiger partial charge in [0.15, 0.2) is 24.4 Å². The van der Waals surface area contributed by atoms with Crippen molar-refractivity contribution in [2.45, 2.75) is 239 Å². The van der Waals surface area contributed by atoms with Gasteiger partial charge in [0.1, 0.15) is 13.2 Å². The number of unbranched alkanes of at least 4 members (excludes halogenated alkanes) is 6. The van der Waals surface area contributed by atoms with E-state index in [-0.39, 0.29) is 13.2 Å². The van der Waals surface area contributed by atoms with Crippen LogP contribution in [0.1, 0.15) is 215 Å². The molecule has 0 N–H and O–H groups in total. The fourth-order valence-corrected chi connectivity index (χ4v) is 7.83. The molecule has 470 valence electrons. The van der Waals surface area contributed by atoms with Crippen molar-refractivity contribution in [2.24, 2.45) is 0 Å². The summed E-state index contributed by atoms with van der Waals surface area (Å²) in [5, 5.41) is 0. The van der Waals surface area contributed by atoms with Crippen LogP contribution in [0.25, 0.3) is 0 Å². The van der Waals surface area contributed by atoms with Gasteiger partial charge in [0.05, 0.1) is 0 Å². The van der Waals surface area contributed by atoms with Crippen LogP contribution in [0.4, 0.5) is 0 Å². The van der Waals surface area contributed by atoms with Crippen molar-refractivity contribution < 1.29 is 42.8 Å². The Labute approximate surface area is 513 Å². The van der Waals surface area contributed by atoms with E-state index in [2.05, 4.69) is 203 Å². The standard InChI is InChI=1S/C75H116O9/c1-7-13-16-19-22-25-28-31-34-37-40-43-46-49-52-55-58-61-64-79-70(10-4)73(76)82-67-69(84-75(78)72(12-6)81-66-63-60-57-54-51-48-45-42-39-36-33-30-27-24-21-18-15-9-3)68-83-74(77)71(11-5)80-65-62-59-56-53-50-47-44-41-38-35-32-29-26-23-20-17-14-8-2/h13-18,22-27,31-36,40-45,49-54,69-72H,7-12,19-21,28-30,37-39,46-48,55-68H2,1-6H3/b16-13-,17-14-,18-15-,25-22-,26-23-,27-24-,34-31-,35-32-,36-33-,43-40-,44-41-,45-42-,52-49-,53-50-,54-51-. The number of hydrogen-bond acceptors (Lipinski definition) is 9. The predicted molar refractivity (Wildman–Crippen MR) is 357 cm³/mol. The van der Waals surface area contributed by atoms with Crippen molar-refractivity contribution in [3.05, 3.63) is 182 Å². The second kappa shape index (κ2) is 64.9. The van der Waals surface area contributed by atoms with Gasteiger partial charge in [0.2, 0.25) is 0 Å². The predicted octanol–water partition coefficient (Wildman–Crippen LogP) is 20.1. The molecule has 0 aliphatic heterocycles. The fourth-order valence-electron chi connectivity index (χ4n) is 7.83. The minimum absolute atomic E-state index is 0.307. The van der Waals surface area contributed by atoms with Crippen LogP contribution >= 0.6 is 0 Å². The minimum Gasteiger partial charge on any atom is -0.460 e. The van der Waals surface area contributed by atoms with E-state index >= 15 is 0 Å². The summed E-state index contributed by atoms with van der Waals surface area (Å²) in [4.78, 5) is 40.2. The Morgan fingerprint density at radius 2 is 0.488 bits per heavy atom. The molecule has 0 saturated carbocycles. The quantitative estimate of drug-likeness (QED) is 0.0255. The van der Waals surface area contributed by atoms with Crippen LogP contribution in [0, 0.1) is 0 Å². The first-order valence-corrected chi connectivity index (χ1v) is 32.5. The van der Waals surface area contributed by atoms with Crippen molar-refractivity contribution in [1.29, 1.82) is 0 Å². The lowest BCUT2D eigenvalue weighted by molar-refractivity contribution is -0.181. The van der Waals surface area contributed by atoms with Crippen LogP contribution in [-0.4, -0.2) is 75.4 Å². The van der Waals surface area contributed by atoms with Gasteiger partial charge < -0.3 is 28.4 Å². The van der Waals surface area contributed by atoms with E-state index in [0.29, 0.717) is 39.1 Å². The zero-order valence-electron chi connectivity index (χ0n) is 53.4. The SMILES string of the molecule is CC/C=C\C/C=C\C/C=C\C/C=C\C/C=C\CCCCOC(CC)C(=O)OCC(COC(=O)C(CC)OCCCC/C=C\C/C=C\C/C=C\C/C=C\C/C=C\CC)OC(=O)C(CC)OCCCC/C=C\C/C=C\C/C=C\C/C=C\C/C=C\CC. The Kier molecular flexibility index (Phi) is 60.6. The van der Waals surface area contributed by atoms with Gasteiger partial charge in [-0.3, -0.25) is 0 Å². The number of allylic oxidation sites excluding steroid dienone is 30. The maximum Gasteiger partial charge on any atom is 0.335 e. The highest BCUT2D eigenvalue weighted by Gasteiger charge is 2.28. The second-order valence-corrected chi connectivity index (χ2v) is 20.2. The van der Waals surface area contributed by atoms with Crippen LogP contribution in [0.5, 0.6) is 0 Å². The summed E-state index contributed by atoms with van der Waals surface area (Å²) in [5.74, 6) is -1.71. The largest absolute Gasteiger partial charge is 0.460 e. The number of esters is 3. The van der Waals surface area contributed by atoms with Crippen LogP contribution < -0.4 is 0 Å². The highest BCUT2D eigenvalue weighted by atomic mass is 16.6. The van der Waals surface area contributed by atoms with Gasteiger partial charge in [-0.05, 0) is 173 Å². The van der Waals surface area contributed by atoms with Crippen molar-refractivity contribution in [3.8, 4) is 0 Å². The van der Waals surface area contributed by atoms with Gasteiger partial charge in [0.25, 0.3) is 0 Å². The average Bonchev–Trinajstić information content (AvgIpc) is 3.59. The van der Waals surface area contributed by atoms with Crippen LogP contribution in [0.3, 0.4) is 0 Å². The Morgan fingerprint density at radius 3 is 0.714 bits per heavy atom. The Hall–Kier alpha value is -5.61. The molecule has 0 spiro atoms. The maximum absolute atomic E-state index is 13.5. The van der Waals surface area contributed by atoms with Crippen LogP contribution in [0.15, 0.2) is 182 Å². The lowest BCUT2D eigenvalue weighted by Gasteiger charge is -2.23. The maximum atomic E-state index is 13.5. The van der Waals surface area contributed by atoms with Crippen molar-refractivity contribution in [3.63, 3.8) is 0 Å². The molecule has 9 nitrogen and oxygen atoms in total. The minimum atomic E-state index is -1.06. The first-order chi connectivity index (χ1) is 41.4. The summed E-state index contributed by atoms with van der Waals surface area (Å²) in [5.41, 5.74) is 0. The molecule has 0 rings (SSSR count). The topological polar surface area (TPSA) is 107 Å². The normalized spacial score (nSPS) is 14.5. The van der Waals surface area contributed by atoms with E-state index in [0.717, 1.165) is 154 Å². The van der Waals surface area contributed by atoms with E-state index in [4.69, 9.17) is 28.4 Å². The zero-order chi connectivity index (χ0) is 61.1. The molecule has 0 amide bonds. The van der Waals surface area contributed by atoms with Gasteiger partial charge in [-0.1, -0.05) is 224 Å². The molecule has 0 aromatic rings. The molecular weight excluding hydrogens is 1040 g/mol. The van der Waals surface area contributed by atoms with Crippen molar-refractivity contribution in [2.75, 3.05) is 33.0 Å². The Bertz CT molecular complexity index is 1920. The van der Waals surface area contributed by atoms with Gasteiger partial charge >= 0.3 is 17.9 Å². The molecule has 3 atom stereocenters. The van der Waals surface area contributed by atoms with Crippen molar-refractivity contribution >= 4 is 17.9 Å². The second-order valence-electron chi connectivity index (χ2n) is 20.2. The molecule has 0 aromatic heterocycles. The Balaban J connectivity index is 5.14. The zero-order valence-corrected chi connectivity index (χ0v) is 53.4. The molecule has 84 heavy (non-hydrogen) atoms. The molecule has 0 heterocycles. The molecule has 0 aliphatic carbocycles. The Morgan fingerprint density at radius 1 is 0.274 bits per heavy atom. The molecule has 0 aromatic carbocycles. The summed E-state index contributed by atoms with van der Waals surface area (Å²) < 4.78 is 35.2. The van der Waals surface area contributed by atoms with E-state index in [9.17, 15) is 14.4 Å². The summed E-state index contributed by atoms with van der Waals surface area (Å²) in [6, 6.07) is 0. The molecule has 0 aliphatic rings. The monoisotopic (exact) mass is 1160 g/mol. The molecule has 0 fully saturated rings. The molecule has 3 unspecified atom stereocenters. The summed E-state index contributed by atoms with van der Waals surface area (Å²) in [6.45, 7) is 12.6. The lowest BCUT2D eigenvalue weighted by Crippen LogP contribution is -2.38.